The Morgan fingerprint density at radius 3 is 1.72 bits per heavy atom. The van der Waals surface area contributed by atoms with Gasteiger partial charge in [0.2, 0.25) is 11.8 Å². The maximum atomic E-state index is 12.5. The molecule has 0 aliphatic carbocycles. The molecule has 0 aromatic heterocycles. The summed E-state index contributed by atoms with van der Waals surface area (Å²) in [5.41, 5.74) is 2.05. The molecule has 172 valence electrons. The standard InChI is InChI=1S/C25H33N3O4/c1-32-25(31)15-9-4-10-16-28(19-23(29)26-17-21-11-5-2-6-12-21)20-24(30)27-18-22-13-7-3-8-14-22/h2-3,5-8,11-14H,4,9-10,15-20H2,1H3,(H,26,29)(H,27,30). The zero-order valence-corrected chi connectivity index (χ0v) is 18.7. The summed E-state index contributed by atoms with van der Waals surface area (Å²) < 4.78 is 4.65. The van der Waals surface area contributed by atoms with Crippen molar-refractivity contribution in [2.24, 2.45) is 0 Å². The third kappa shape index (κ3) is 10.7. The number of benzene rings is 2. The lowest BCUT2D eigenvalue weighted by Crippen LogP contribution is -2.43. The van der Waals surface area contributed by atoms with Gasteiger partial charge in [0, 0.05) is 19.5 Å². The Morgan fingerprint density at radius 2 is 1.25 bits per heavy atom. The molecule has 0 aliphatic heterocycles. The molecule has 0 fully saturated rings. The van der Waals surface area contributed by atoms with Gasteiger partial charge in [0.15, 0.2) is 0 Å². The third-order valence-electron chi connectivity index (χ3n) is 4.98. The van der Waals surface area contributed by atoms with Gasteiger partial charge in [-0.25, -0.2) is 0 Å². The first kappa shape index (κ1) is 25.1. The van der Waals surface area contributed by atoms with Crippen LogP contribution in [0, 0.1) is 0 Å². The number of methoxy groups -OCH3 is 1. The van der Waals surface area contributed by atoms with Gasteiger partial charge >= 0.3 is 5.97 Å². The smallest absolute Gasteiger partial charge is 0.305 e. The molecule has 0 saturated heterocycles. The monoisotopic (exact) mass is 439 g/mol. The fourth-order valence-corrected chi connectivity index (χ4v) is 3.21. The molecule has 7 nitrogen and oxygen atoms in total. The van der Waals surface area contributed by atoms with Crippen molar-refractivity contribution < 1.29 is 19.1 Å². The Kier molecular flexibility index (Phi) is 11.6. The molecule has 2 rings (SSSR count). The van der Waals surface area contributed by atoms with Gasteiger partial charge in [0.05, 0.1) is 20.2 Å². The van der Waals surface area contributed by atoms with Gasteiger partial charge in [-0.1, -0.05) is 67.1 Å². The number of carbonyl (C=O) groups is 3. The lowest BCUT2D eigenvalue weighted by Gasteiger charge is -2.21. The van der Waals surface area contributed by atoms with Crippen molar-refractivity contribution in [3.05, 3.63) is 71.8 Å². The Balaban J connectivity index is 1.81. The van der Waals surface area contributed by atoms with Gasteiger partial charge < -0.3 is 15.4 Å². The first-order valence-electron chi connectivity index (χ1n) is 11.0. The van der Waals surface area contributed by atoms with E-state index in [2.05, 4.69) is 15.4 Å². The lowest BCUT2D eigenvalue weighted by atomic mass is 10.2. The molecule has 0 atom stereocenters. The van der Waals surface area contributed by atoms with Crippen molar-refractivity contribution >= 4 is 17.8 Å². The van der Waals surface area contributed by atoms with Crippen LogP contribution < -0.4 is 10.6 Å². The number of unbranched alkanes of at least 4 members (excludes halogenated alkanes) is 2. The van der Waals surface area contributed by atoms with Gasteiger partial charge in [-0.15, -0.1) is 0 Å². The summed E-state index contributed by atoms with van der Waals surface area (Å²) in [4.78, 5) is 38.0. The van der Waals surface area contributed by atoms with Crippen LogP contribution in [-0.4, -0.2) is 49.4 Å². The van der Waals surface area contributed by atoms with E-state index in [-0.39, 0.29) is 30.9 Å². The van der Waals surface area contributed by atoms with E-state index in [1.54, 1.807) is 0 Å². The number of hydrogen-bond acceptors (Lipinski definition) is 5. The first-order valence-corrected chi connectivity index (χ1v) is 11.0. The Bertz CT molecular complexity index is 770. The molecule has 2 N–H and O–H groups in total. The van der Waals surface area contributed by atoms with Crippen LogP contribution in [0.1, 0.15) is 36.8 Å². The number of ether oxygens (including phenoxy) is 1. The van der Waals surface area contributed by atoms with Crippen molar-refractivity contribution in [1.29, 1.82) is 0 Å². The van der Waals surface area contributed by atoms with Crippen molar-refractivity contribution in [2.45, 2.75) is 38.8 Å². The number of rotatable bonds is 14. The molecule has 0 spiro atoms. The summed E-state index contributed by atoms with van der Waals surface area (Å²) in [6.07, 6.45) is 2.71. The minimum absolute atomic E-state index is 0.126. The maximum absolute atomic E-state index is 12.5. The van der Waals surface area contributed by atoms with Crippen LogP contribution in [-0.2, 0) is 32.2 Å². The molecule has 0 heterocycles. The highest BCUT2D eigenvalue weighted by Crippen LogP contribution is 2.04. The molecule has 0 bridgehead atoms. The van der Waals surface area contributed by atoms with Crippen LogP contribution >= 0.6 is 0 Å². The van der Waals surface area contributed by atoms with E-state index >= 15 is 0 Å². The second-order valence-electron chi connectivity index (χ2n) is 7.62. The van der Waals surface area contributed by atoms with E-state index in [1.165, 1.54) is 7.11 Å². The SMILES string of the molecule is COC(=O)CCCCCN(CC(=O)NCc1ccccc1)CC(=O)NCc1ccccc1. The van der Waals surface area contributed by atoms with Crippen LogP contribution in [0.5, 0.6) is 0 Å². The summed E-state index contributed by atoms with van der Waals surface area (Å²) in [5.74, 6) is -0.471. The number of amides is 2. The van der Waals surface area contributed by atoms with Crippen LogP contribution in [0.25, 0.3) is 0 Å². The number of nitrogens with one attached hydrogen (secondary N) is 2. The average molecular weight is 440 g/mol. The van der Waals surface area contributed by atoms with Crippen molar-refractivity contribution in [1.82, 2.24) is 15.5 Å². The second kappa shape index (κ2) is 14.8. The molecule has 2 amide bonds. The molecule has 0 radical (unpaired) electrons. The number of esters is 1. The van der Waals surface area contributed by atoms with E-state index in [1.807, 2.05) is 65.6 Å². The minimum atomic E-state index is -0.220. The van der Waals surface area contributed by atoms with Crippen molar-refractivity contribution in [3.8, 4) is 0 Å². The second-order valence-corrected chi connectivity index (χ2v) is 7.62. The highest BCUT2D eigenvalue weighted by atomic mass is 16.5. The van der Waals surface area contributed by atoms with Gasteiger partial charge in [-0.2, -0.15) is 0 Å². The first-order chi connectivity index (χ1) is 15.6. The van der Waals surface area contributed by atoms with E-state index in [0.29, 0.717) is 26.1 Å². The lowest BCUT2D eigenvalue weighted by molar-refractivity contribution is -0.140. The Morgan fingerprint density at radius 1 is 0.750 bits per heavy atom. The van der Waals surface area contributed by atoms with E-state index < -0.39 is 0 Å². The molecule has 32 heavy (non-hydrogen) atoms. The number of carbonyl (C=O) groups excluding carboxylic acids is 3. The normalized spacial score (nSPS) is 10.6. The summed E-state index contributed by atoms with van der Waals surface area (Å²) in [6.45, 7) is 1.78. The van der Waals surface area contributed by atoms with E-state index in [0.717, 1.165) is 30.4 Å². The van der Waals surface area contributed by atoms with Crippen molar-refractivity contribution in [3.63, 3.8) is 0 Å². The topological polar surface area (TPSA) is 87.7 Å². The predicted molar refractivity (Wildman–Crippen MR) is 124 cm³/mol. The molecule has 0 saturated carbocycles. The third-order valence-corrected chi connectivity index (χ3v) is 4.98. The molecular weight excluding hydrogens is 406 g/mol. The number of nitrogens with zero attached hydrogens (tertiary/aromatic N) is 1. The summed E-state index contributed by atoms with van der Waals surface area (Å²) in [7, 11) is 1.38. The van der Waals surface area contributed by atoms with E-state index in [9.17, 15) is 14.4 Å². The maximum Gasteiger partial charge on any atom is 0.305 e. The number of hydrogen-bond donors (Lipinski definition) is 2. The highest BCUT2D eigenvalue weighted by Gasteiger charge is 2.14. The molecule has 0 aliphatic rings. The minimum Gasteiger partial charge on any atom is -0.469 e. The Labute approximate surface area is 190 Å². The molecule has 7 heteroatoms. The summed E-state index contributed by atoms with van der Waals surface area (Å²) in [5, 5.41) is 5.82. The van der Waals surface area contributed by atoms with Gasteiger partial charge in [-0.05, 0) is 30.5 Å². The molecule has 2 aromatic rings. The zero-order valence-electron chi connectivity index (χ0n) is 18.7. The van der Waals surface area contributed by atoms with Gasteiger partial charge in [0.25, 0.3) is 0 Å². The summed E-state index contributed by atoms with van der Waals surface area (Å²) >= 11 is 0. The van der Waals surface area contributed by atoms with Crippen LogP contribution in [0.2, 0.25) is 0 Å². The van der Waals surface area contributed by atoms with Crippen molar-refractivity contribution in [2.75, 3.05) is 26.7 Å². The van der Waals surface area contributed by atoms with Crippen LogP contribution in [0.3, 0.4) is 0 Å². The summed E-state index contributed by atoms with van der Waals surface area (Å²) in [6, 6.07) is 19.4. The Hall–Kier alpha value is -3.19. The zero-order chi connectivity index (χ0) is 23.0. The fraction of sp³-hybridized carbons (Fsp3) is 0.400. The molecule has 2 aromatic carbocycles. The molecular formula is C25H33N3O4. The predicted octanol–water partition coefficient (Wildman–Crippen LogP) is 2.65. The van der Waals surface area contributed by atoms with Crippen LogP contribution in [0.15, 0.2) is 60.7 Å². The quantitative estimate of drug-likeness (QED) is 0.349. The molecule has 0 unspecified atom stereocenters. The average Bonchev–Trinajstić information content (AvgIpc) is 2.82. The van der Waals surface area contributed by atoms with Gasteiger partial charge in [-0.3, -0.25) is 19.3 Å². The van der Waals surface area contributed by atoms with Crippen LogP contribution in [0.4, 0.5) is 0 Å². The largest absolute Gasteiger partial charge is 0.469 e. The fourth-order valence-electron chi connectivity index (χ4n) is 3.21. The van der Waals surface area contributed by atoms with E-state index in [4.69, 9.17) is 0 Å². The van der Waals surface area contributed by atoms with Gasteiger partial charge in [0.1, 0.15) is 0 Å². The highest BCUT2D eigenvalue weighted by molar-refractivity contribution is 5.81.